The number of amides is 1. The summed E-state index contributed by atoms with van der Waals surface area (Å²) in [5.41, 5.74) is 5.61. The highest BCUT2D eigenvalue weighted by atomic mass is 35.5. The fraction of sp³-hybridized carbons (Fsp3) is 0.800. The largest absolute Gasteiger partial charge is 0.466 e. The molecule has 1 atom stereocenters. The number of rotatable bonds is 6. The van der Waals surface area contributed by atoms with Gasteiger partial charge in [-0.1, -0.05) is 13.8 Å². The highest BCUT2D eigenvalue weighted by molar-refractivity contribution is 5.85. The van der Waals surface area contributed by atoms with Gasteiger partial charge in [0, 0.05) is 6.54 Å². The molecule has 0 spiro atoms. The quantitative estimate of drug-likeness (QED) is 0.673. The third-order valence-corrected chi connectivity index (χ3v) is 1.95. The second-order valence-electron chi connectivity index (χ2n) is 3.62. The van der Waals surface area contributed by atoms with E-state index in [0.29, 0.717) is 6.61 Å². The molecular formula is C10H21ClN2O3. The van der Waals surface area contributed by atoms with Crippen LogP contribution in [0.5, 0.6) is 0 Å². The highest BCUT2D eigenvalue weighted by Crippen LogP contribution is 1.97. The van der Waals surface area contributed by atoms with Crippen LogP contribution in [0, 0.1) is 5.92 Å². The fourth-order valence-corrected chi connectivity index (χ4v) is 0.942. The fourth-order valence-electron chi connectivity index (χ4n) is 0.942. The molecule has 1 amide bonds. The van der Waals surface area contributed by atoms with Crippen LogP contribution in [0.4, 0.5) is 0 Å². The standard InChI is InChI=1S/C10H20N2O3.ClH/c1-4-15-8(13)5-6-12-10(14)9(11)7(2)3;/h7,9H,4-6,11H2,1-3H3,(H,12,14);1H/t9-;/m0./s1. The summed E-state index contributed by atoms with van der Waals surface area (Å²) in [6.45, 7) is 6.12. The van der Waals surface area contributed by atoms with Crippen LogP contribution in [0.3, 0.4) is 0 Å². The van der Waals surface area contributed by atoms with E-state index in [1.54, 1.807) is 6.92 Å². The molecular weight excluding hydrogens is 232 g/mol. The lowest BCUT2D eigenvalue weighted by atomic mass is 10.1. The van der Waals surface area contributed by atoms with Crippen LogP contribution in [-0.4, -0.2) is 31.1 Å². The summed E-state index contributed by atoms with van der Waals surface area (Å²) in [5, 5.41) is 2.59. The van der Waals surface area contributed by atoms with Crippen molar-refractivity contribution in [2.75, 3.05) is 13.2 Å². The summed E-state index contributed by atoms with van der Waals surface area (Å²) in [7, 11) is 0. The summed E-state index contributed by atoms with van der Waals surface area (Å²) in [6, 6.07) is -0.521. The van der Waals surface area contributed by atoms with Crippen LogP contribution in [-0.2, 0) is 14.3 Å². The van der Waals surface area contributed by atoms with Gasteiger partial charge in [0.25, 0.3) is 0 Å². The van der Waals surface area contributed by atoms with E-state index < -0.39 is 6.04 Å². The number of esters is 1. The molecule has 0 aliphatic rings. The van der Waals surface area contributed by atoms with Crippen molar-refractivity contribution < 1.29 is 14.3 Å². The van der Waals surface area contributed by atoms with Crippen molar-refractivity contribution in [1.82, 2.24) is 5.32 Å². The van der Waals surface area contributed by atoms with Crippen molar-refractivity contribution in [3.8, 4) is 0 Å². The molecule has 0 rings (SSSR count). The summed E-state index contributed by atoms with van der Waals surface area (Å²) in [4.78, 5) is 22.3. The number of carbonyl (C=O) groups is 2. The Morgan fingerprint density at radius 1 is 1.38 bits per heavy atom. The van der Waals surface area contributed by atoms with E-state index in [9.17, 15) is 9.59 Å². The third-order valence-electron chi connectivity index (χ3n) is 1.95. The molecule has 0 aliphatic heterocycles. The Morgan fingerprint density at radius 2 is 1.94 bits per heavy atom. The zero-order valence-corrected chi connectivity index (χ0v) is 10.8. The molecule has 0 aromatic carbocycles. The van der Waals surface area contributed by atoms with Crippen LogP contribution >= 0.6 is 12.4 Å². The van der Waals surface area contributed by atoms with Gasteiger partial charge in [-0.05, 0) is 12.8 Å². The van der Waals surface area contributed by atoms with Crippen LogP contribution < -0.4 is 11.1 Å². The number of nitrogens with one attached hydrogen (secondary N) is 1. The predicted molar refractivity (Wildman–Crippen MR) is 64.3 cm³/mol. The SMILES string of the molecule is CCOC(=O)CCNC(=O)[C@@H](N)C(C)C.Cl. The van der Waals surface area contributed by atoms with Gasteiger partial charge in [0.15, 0.2) is 0 Å². The van der Waals surface area contributed by atoms with E-state index >= 15 is 0 Å². The Kier molecular flexibility index (Phi) is 10.3. The van der Waals surface area contributed by atoms with Gasteiger partial charge in [-0.15, -0.1) is 12.4 Å². The zero-order chi connectivity index (χ0) is 11.8. The van der Waals surface area contributed by atoms with Crippen molar-refractivity contribution in [1.29, 1.82) is 0 Å². The lowest BCUT2D eigenvalue weighted by molar-refractivity contribution is -0.143. The Hall–Kier alpha value is -0.810. The molecule has 0 aromatic heterocycles. The van der Waals surface area contributed by atoms with Crippen molar-refractivity contribution in [3.63, 3.8) is 0 Å². The molecule has 96 valence electrons. The van der Waals surface area contributed by atoms with E-state index in [-0.39, 0.29) is 43.2 Å². The summed E-state index contributed by atoms with van der Waals surface area (Å²) < 4.78 is 4.71. The van der Waals surface area contributed by atoms with E-state index in [2.05, 4.69) is 5.32 Å². The number of hydrogen-bond acceptors (Lipinski definition) is 4. The normalized spacial score (nSPS) is 11.6. The molecule has 0 unspecified atom stereocenters. The Bertz CT molecular complexity index is 222. The molecule has 0 heterocycles. The molecule has 0 aromatic rings. The minimum Gasteiger partial charge on any atom is -0.466 e. The monoisotopic (exact) mass is 252 g/mol. The van der Waals surface area contributed by atoms with E-state index in [1.165, 1.54) is 0 Å². The zero-order valence-electron chi connectivity index (χ0n) is 9.99. The first kappa shape index (κ1) is 17.6. The topological polar surface area (TPSA) is 81.4 Å². The van der Waals surface area contributed by atoms with E-state index in [1.807, 2.05) is 13.8 Å². The van der Waals surface area contributed by atoms with Gasteiger partial charge in [-0.2, -0.15) is 0 Å². The molecule has 16 heavy (non-hydrogen) atoms. The lowest BCUT2D eigenvalue weighted by Gasteiger charge is -2.14. The molecule has 6 heteroatoms. The van der Waals surface area contributed by atoms with Crippen molar-refractivity contribution in [3.05, 3.63) is 0 Å². The van der Waals surface area contributed by atoms with Crippen LogP contribution in [0.2, 0.25) is 0 Å². The Balaban J connectivity index is 0. The lowest BCUT2D eigenvalue weighted by Crippen LogP contribution is -2.44. The van der Waals surface area contributed by atoms with Gasteiger partial charge in [0.05, 0.1) is 19.1 Å². The molecule has 3 N–H and O–H groups in total. The number of nitrogens with two attached hydrogens (primary N) is 1. The van der Waals surface area contributed by atoms with Gasteiger partial charge in [-0.3, -0.25) is 9.59 Å². The van der Waals surface area contributed by atoms with Crippen LogP contribution in [0.25, 0.3) is 0 Å². The average Bonchev–Trinajstić information content (AvgIpc) is 2.16. The molecule has 0 radical (unpaired) electrons. The second kappa shape index (κ2) is 9.42. The number of ether oxygens (including phenoxy) is 1. The first-order chi connectivity index (χ1) is 6.99. The van der Waals surface area contributed by atoms with E-state index in [4.69, 9.17) is 10.5 Å². The van der Waals surface area contributed by atoms with Crippen molar-refractivity contribution in [2.24, 2.45) is 11.7 Å². The van der Waals surface area contributed by atoms with E-state index in [0.717, 1.165) is 0 Å². The minimum absolute atomic E-state index is 0. The molecule has 0 saturated heterocycles. The molecule has 0 bridgehead atoms. The second-order valence-corrected chi connectivity index (χ2v) is 3.62. The maximum atomic E-state index is 11.3. The van der Waals surface area contributed by atoms with Gasteiger partial charge in [0.1, 0.15) is 0 Å². The molecule has 0 fully saturated rings. The van der Waals surface area contributed by atoms with Crippen molar-refractivity contribution in [2.45, 2.75) is 33.2 Å². The minimum atomic E-state index is -0.521. The van der Waals surface area contributed by atoms with Crippen LogP contribution in [0.15, 0.2) is 0 Å². The van der Waals surface area contributed by atoms with Crippen molar-refractivity contribution >= 4 is 24.3 Å². The molecule has 5 nitrogen and oxygen atoms in total. The molecule has 0 aliphatic carbocycles. The number of carbonyl (C=O) groups excluding carboxylic acids is 2. The average molecular weight is 253 g/mol. The highest BCUT2D eigenvalue weighted by Gasteiger charge is 2.16. The Morgan fingerprint density at radius 3 is 2.38 bits per heavy atom. The van der Waals surface area contributed by atoms with Gasteiger partial charge >= 0.3 is 5.97 Å². The third kappa shape index (κ3) is 7.48. The number of hydrogen-bond donors (Lipinski definition) is 2. The van der Waals surface area contributed by atoms with Crippen LogP contribution in [0.1, 0.15) is 27.2 Å². The molecule has 0 saturated carbocycles. The number of halogens is 1. The maximum absolute atomic E-state index is 11.3. The summed E-state index contributed by atoms with van der Waals surface area (Å²) in [6.07, 6.45) is 0.185. The predicted octanol–water partition coefficient (Wildman–Crippen LogP) is 0.461. The van der Waals surface area contributed by atoms with Gasteiger partial charge in [-0.25, -0.2) is 0 Å². The maximum Gasteiger partial charge on any atom is 0.307 e. The smallest absolute Gasteiger partial charge is 0.307 e. The van der Waals surface area contributed by atoms with Gasteiger partial charge < -0.3 is 15.8 Å². The summed E-state index contributed by atoms with van der Waals surface area (Å²) >= 11 is 0. The first-order valence-corrected chi connectivity index (χ1v) is 5.18. The summed E-state index contributed by atoms with van der Waals surface area (Å²) in [5.74, 6) is -0.446. The van der Waals surface area contributed by atoms with Gasteiger partial charge in [0.2, 0.25) is 5.91 Å². The first-order valence-electron chi connectivity index (χ1n) is 5.18. The Labute approximate surface area is 103 Å².